The van der Waals surface area contributed by atoms with Crippen LogP contribution in [-0.4, -0.2) is 27.5 Å². The number of nitrogens with zero attached hydrogens (tertiary/aromatic N) is 2. The van der Waals surface area contributed by atoms with Gasteiger partial charge in [0.25, 0.3) is 0 Å². The maximum atomic E-state index is 10.9. The van der Waals surface area contributed by atoms with Crippen molar-refractivity contribution in [2.75, 3.05) is 5.32 Å². The molecule has 18 heavy (non-hydrogen) atoms. The van der Waals surface area contributed by atoms with Gasteiger partial charge in [0.1, 0.15) is 0 Å². The minimum Gasteiger partial charge on any atom is -0.475 e. The molecule has 0 saturated carbocycles. The van der Waals surface area contributed by atoms with Crippen LogP contribution < -0.4 is 15.8 Å². The summed E-state index contributed by atoms with van der Waals surface area (Å²) in [6, 6.07) is 1.69. The van der Waals surface area contributed by atoms with Crippen molar-refractivity contribution in [1.29, 1.82) is 0 Å². The molecule has 1 heterocycles. The number of nitrogens with two attached hydrogens (primary N) is 1. The van der Waals surface area contributed by atoms with Crippen LogP contribution in [0.2, 0.25) is 0 Å². The van der Waals surface area contributed by atoms with E-state index in [0.717, 1.165) is 0 Å². The van der Waals surface area contributed by atoms with Crippen LogP contribution in [0, 0.1) is 0 Å². The normalized spacial score (nSPS) is 11.4. The van der Waals surface area contributed by atoms with E-state index in [1.807, 2.05) is 27.7 Å². The first-order chi connectivity index (χ1) is 8.28. The molecule has 1 amide bonds. The quantitative estimate of drug-likeness (QED) is 0.797. The topological polar surface area (TPSA) is 90.1 Å². The Morgan fingerprint density at radius 3 is 2.78 bits per heavy atom. The van der Waals surface area contributed by atoms with Gasteiger partial charge in [0.2, 0.25) is 17.7 Å². The molecule has 0 aliphatic heterocycles. The predicted octanol–water partition coefficient (Wildman–Crippen LogP) is 1.33. The minimum atomic E-state index is -0.498. The first-order valence-electron chi connectivity index (χ1n) is 5.85. The molecule has 0 atom stereocenters. The van der Waals surface area contributed by atoms with E-state index in [0.29, 0.717) is 11.8 Å². The third-order valence-corrected chi connectivity index (χ3v) is 2.05. The first-order valence-corrected chi connectivity index (χ1v) is 5.85. The Kier molecular flexibility index (Phi) is 4.47. The molecule has 1 aromatic rings. The zero-order valence-electron chi connectivity index (χ0n) is 11.2. The molecule has 0 bridgehead atoms. The van der Waals surface area contributed by atoms with Gasteiger partial charge in [-0.05, 0) is 27.7 Å². The van der Waals surface area contributed by atoms with Crippen molar-refractivity contribution in [1.82, 2.24) is 9.97 Å². The number of carbonyl (C=O) groups is 1. The minimum absolute atomic E-state index is 0.0476. The number of aromatic nitrogens is 2. The molecule has 0 spiro atoms. The summed E-state index contributed by atoms with van der Waals surface area (Å²) in [5.41, 5.74) is 4.69. The Balaban J connectivity index is 2.75. The van der Waals surface area contributed by atoms with Gasteiger partial charge < -0.3 is 15.8 Å². The predicted molar refractivity (Wildman–Crippen MR) is 69.3 cm³/mol. The van der Waals surface area contributed by atoms with Crippen LogP contribution in [0.25, 0.3) is 0 Å². The van der Waals surface area contributed by atoms with E-state index in [4.69, 9.17) is 10.5 Å². The van der Waals surface area contributed by atoms with Gasteiger partial charge in [0, 0.05) is 24.2 Å². The van der Waals surface area contributed by atoms with Crippen LogP contribution in [0.4, 0.5) is 5.95 Å². The van der Waals surface area contributed by atoms with E-state index in [9.17, 15) is 4.79 Å². The second kappa shape index (κ2) is 5.66. The molecule has 6 nitrogen and oxygen atoms in total. The number of hydrogen-bond donors (Lipinski definition) is 2. The van der Waals surface area contributed by atoms with E-state index in [2.05, 4.69) is 15.3 Å². The lowest BCUT2D eigenvalue weighted by molar-refractivity contribution is -0.118. The first kappa shape index (κ1) is 14.2. The van der Waals surface area contributed by atoms with Crippen molar-refractivity contribution in [3.8, 4) is 5.88 Å². The molecule has 0 unspecified atom stereocenters. The van der Waals surface area contributed by atoms with Gasteiger partial charge in [-0.3, -0.25) is 4.79 Å². The molecular formula is C12H20N4O2. The van der Waals surface area contributed by atoms with Crippen LogP contribution in [0.15, 0.2) is 12.3 Å². The Morgan fingerprint density at radius 2 is 2.22 bits per heavy atom. The van der Waals surface area contributed by atoms with Crippen molar-refractivity contribution in [3.05, 3.63) is 12.3 Å². The Morgan fingerprint density at radius 1 is 1.56 bits per heavy atom. The molecule has 3 N–H and O–H groups in total. The summed E-state index contributed by atoms with van der Waals surface area (Å²) in [5, 5.41) is 3.06. The molecule has 1 aromatic heterocycles. The number of anilines is 1. The monoisotopic (exact) mass is 252 g/mol. The van der Waals surface area contributed by atoms with Crippen molar-refractivity contribution < 1.29 is 9.53 Å². The van der Waals surface area contributed by atoms with Gasteiger partial charge in [-0.25, -0.2) is 4.98 Å². The number of rotatable bonds is 6. The summed E-state index contributed by atoms with van der Waals surface area (Å²) in [6.07, 6.45) is 1.85. The lowest BCUT2D eigenvalue weighted by Crippen LogP contribution is -2.36. The highest BCUT2D eigenvalue weighted by Gasteiger charge is 2.21. The van der Waals surface area contributed by atoms with Gasteiger partial charge in [-0.2, -0.15) is 4.98 Å². The van der Waals surface area contributed by atoms with Crippen LogP contribution >= 0.6 is 0 Å². The zero-order chi connectivity index (χ0) is 13.8. The number of hydrogen-bond acceptors (Lipinski definition) is 5. The van der Waals surface area contributed by atoms with Crippen molar-refractivity contribution in [2.45, 2.75) is 45.8 Å². The molecule has 100 valence electrons. The van der Waals surface area contributed by atoms with Gasteiger partial charge in [0.05, 0.1) is 6.10 Å². The van der Waals surface area contributed by atoms with Crippen LogP contribution in [-0.2, 0) is 4.79 Å². The lowest BCUT2D eigenvalue weighted by atomic mass is 10.0. The van der Waals surface area contributed by atoms with Crippen molar-refractivity contribution >= 4 is 11.9 Å². The third kappa shape index (κ3) is 4.99. The summed E-state index contributed by atoms with van der Waals surface area (Å²) in [5.74, 6) is 0.541. The number of nitrogens with one attached hydrogen (secondary N) is 1. The summed E-state index contributed by atoms with van der Waals surface area (Å²) in [7, 11) is 0. The molecule has 0 aliphatic carbocycles. The Bertz CT molecular complexity index is 418. The van der Waals surface area contributed by atoms with Gasteiger partial charge in [-0.1, -0.05) is 0 Å². The van der Waals surface area contributed by atoms with Gasteiger partial charge in [-0.15, -0.1) is 0 Å². The maximum Gasteiger partial charge on any atom is 0.226 e. The number of ether oxygens (including phenoxy) is 1. The molecule has 0 aliphatic rings. The number of primary amides is 1. The maximum absolute atomic E-state index is 10.9. The van der Waals surface area contributed by atoms with Crippen LogP contribution in [0.1, 0.15) is 34.1 Å². The molecule has 0 aromatic carbocycles. The highest BCUT2D eigenvalue weighted by molar-refractivity contribution is 5.75. The SMILES string of the molecule is CC(C)Oc1ccnc(NC(C)(C)CC(N)=O)n1. The summed E-state index contributed by atoms with van der Waals surface area (Å²) >= 11 is 0. The van der Waals surface area contributed by atoms with E-state index in [1.54, 1.807) is 12.3 Å². The molecule has 0 saturated heterocycles. The standard InChI is InChI=1S/C12H20N4O2/c1-8(2)18-10-5-6-14-11(15-10)16-12(3,4)7-9(13)17/h5-6,8H,7H2,1-4H3,(H2,13,17)(H,14,15,16). The summed E-state index contributed by atoms with van der Waals surface area (Å²) in [6.45, 7) is 7.56. The number of amides is 1. The van der Waals surface area contributed by atoms with Crippen molar-refractivity contribution in [2.24, 2.45) is 5.73 Å². The summed E-state index contributed by atoms with van der Waals surface area (Å²) in [4.78, 5) is 19.2. The Labute approximate surface area is 107 Å². The lowest BCUT2D eigenvalue weighted by Gasteiger charge is -2.24. The smallest absolute Gasteiger partial charge is 0.226 e. The largest absolute Gasteiger partial charge is 0.475 e. The zero-order valence-corrected chi connectivity index (χ0v) is 11.2. The second-order valence-electron chi connectivity index (χ2n) is 5.04. The molecule has 1 rings (SSSR count). The van der Waals surface area contributed by atoms with E-state index < -0.39 is 5.54 Å². The highest BCUT2D eigenvalue weighted by atomic mass is 16.5. The van der Waals surface area contributed by atoms with Crippen LogP contribution in [0.3, 0.4) is 0 Å². The number of carbonyl (C=O) groups excluding carboxylic acids is 1. The fraction of sp³-hybridized carbons (Fsp3) is 0.583. The average molecular weight is 252 g/mol. The fourth-order valence-electron chi connectivity index (χ4n) is 1.49. The molecule has 6 heteroatoms. The van der Waals surface area contributed by atoms with Crippen LogP contribution in [0.5, 0.6) is 5.88 Å². The molecular weight excluding hydrogens is 232 g/mol. The van der Waals surface area contributed by atoms with E-state index in [-0.39, 0.29) is 18.4 Å². The summed E-state index contributed by atoms with van der Waals surface area (Å²) < 4.78 is 5.47. The van der Waals surface area contributed by atoms with E-state index in [1.165, 1.54) is 0 Å². The molecule has 0 radical (unpaired) electrons. The average Bonchev–Trinajstić information content (AvgIpc) is 2.13. The molecule has 0 fully saturated rings. The van der Waals surface area contributed by atoms with Gasteiger partial charge in [0.15, 0.2) is 0 Å². The second-order valence-corrected chi connectivity index (χ2v) is 5.04. The highest BCUT2D eigenvalue weighted by Crippen LogP contribution is 2.17. The fourth-order valence-corrected chi connectivity index (χ4v) is 1.49. The van der Waals surface area contributed by atoms with E-state index >= 15 is 0 Å². The van der Waals surface area contributed by atoms with Gasteiger partial charge >= 0.3 is 0 Å². The Hall–Kier alpha value is -1.85. The third-order valence-electron chi connectivity index (χ3n) is 2.05. The van der Waals surface area contributed by atoms with Crippen molar-refractivity contribution in [3.63, 3.8) is 0 Å².